The summed E-state index contributed by atoms with van der Waals surface area (Å²) >= 11 is 0. The minimum absolute atomic E-state index is 0.107. The molecule has 0 saturated carbocycles. The second-order valence-corrected chi connectivity index (χ2v) is 16.6. The normalized spacial score (nSPS) is 24.5. The summed E-state index contributed by atoms with van der Waals surface area (Å²) in [6.07, 6.45) is 2.21. The Balaban J connectivity index is 1.37. The molecule has 2 aliphatic heterocycles. The summed E-state index contributed by atoms with van der Waals surface area (Å²) < 4.78 is 13.9. The Morgan fingerprint density at radius 2 is 1.54 bits per heavy atom. The first-order valence-electron chi connectivity index (χ1n) is 18.4. The molecule has 3 heterocycles. The molecule has 5 atom stereocenters. The minimum Gasteiger partial charge on any atom is -0.373 e. The number of nitriles is 1. The number of hydrogen-bond donors (Lipinski definition) is 5. The van der Waals surface area contributed by atoms with Crippen LogP contribution < -0.4 is 21.8 Å². The number of ether oxygens (including phenoxy) is 1. The molecule has 2 aliphatic rings. The molecule has 12 nitrogen and oxygen atoms in total. The summed E-state index contributed by atoms with van der Waals surface area (Å²) in [7, 11) is -2.28. The number of aryl methyl sites for hydroxylation is 1. The molecule has 54 heavy (non-hydrogen) atoms. The van der Waals surface area contributed by atoms with E-state index in [0.29, 0.717) is 12.0 Å². The Labute approximate surface area is 317 Å². The van der Waals surface area contributed by atoms with Crippen LogP contribution in [0.4, 0.5) is 0 Å². The van der Waals surface area contributed by atoms with Crippen LogP contribution in [0.25, 0.3) is 0 Å². The van der Waals surface area contributed by atoms with Gasteiger partial charge in [-0.3, -0.25) is 19.7 Å². The number of rotatable bonds is 13. The van der Waals surface area contributed by atoms with Gasteiger partial charge in [-0.15, -0.1) is 0 Å². The van der Waals surface area contributed by atoms with E-state index in [1.54, 1.807) is 6.92 Å². The number of aromatic amines is 1. The van der Waals surface area contributed by atoms with E-state index in [1.807, 2.05) is 96.0 Å². The predicted octanol–water partition coefficient (Wildman–Crippen LogP) is 5.72. The summed E-state index contributed by atoms with van der Waals surface area (Å²) in [4.78, 5) is 39.3. The van der Waals surface area contributed by atoms with Gasteiger partial charge in [0.2, 0.25) is 0 Å². The summed E-state index contributed by atoms with van der Waals surface area (Å²) in [6, 6.07) is 31.7. The Kier molecular flexibility index (Phi) is 11.7. The molecule has 3 aromatic carbocycles. The van der Waals surface area contributed by atoms with Gasteiger partial charge in [-0.05, 0) is 76.5 Å². The summed E-state index contributed by atoms with van der Waals surface area (Å²) in [6.45, 7) is 9.78. The van der Waals surface area contributed by atoms with Crippen molar-refractivity contribution in [2.75, 3.05) is 6.61 Å². The van der Waals surface area contributed by atoms with Crippen molar-refractivity contribution >= 4 is 8.53 Å². The molecule has 0 spiro atoms. The zero-order chi connectivity index (χ0) is 38.7. The van der Waals surface area contributed by atoms with Crippen LogP contribution in [0.3, 0.4) is 0 Å². The first-order chi connectivity index (χ1) is 25.7. The lowest BCUT2D eigenvalue weighted by Gasteiger charge is -2.56. The van der Waals surface area contributed by atoms with E-state index < -0.39 is 48.9 Å². The highest BCUT2D eigenvalue weighted by Gasteiger charge is 2.54. The first kappa shape index (κ1) is 39.7. The molecule has 4 aromatic rings. The third-order valence-electron chi connectivity index (χ3n) is 11.2. The highest BCUT2D eigenvalue weighted by Crippen LogP contribution is 2.47. The fourth-order valence-corrected chi connectivity index (χ4v) is 9.37. The molecule has 0 radical (unpaired) electrons. The van der Waals surface area contributed by atoms with Gasteiger partial charge in [-0.2, -0.15) is 10.5 Å². The lowest BCUT2D eigenvalue weighted by molar-refractivity contribution is -0.105. The zero-order valence-corrected chi connectivity index (χ0v) is 32.4. The van der Waals surface area contributed by atoms with Crippen LogP contribution >= 0.6 is 8.53 Å². The van der Waals surface area contributed by atoms with Crippen molar-refractivity contribution in [1.82, 2.24) is 25.1 Å². The molecule has 6 rings (SSSR count). The number of hydrogen-bond acceptors (Lipinski definition) is 10. The topological polar surface area (TPSA) is 165 Å². The number of H-pyrrole nitrogens is 1. The Morgan fingerprint density at radius 1 is 0.981 bits per heavy atom. The van der Waals surface area contributed by atoms with Crippen LogP contribution in [0.5, 0.6) is 0 Å². The quantitative estimate of drug-likeness (QED) is 0.0649. The van der Waals surface area contributed by atoms with Crippen LogP contribution in [0.2, 0.25) is 0 Å². The zero-order valence-electron chi connectivity index (χ0n) is 31.5. The van der Waals surface area contributed by atoms with Gasteiger partial charge in [-0.1, -0.05) is 91.0 Å². The van der Waals surface area contributed by atoms with E-state index in [0.717, 1.165) is 36.0 Å². The lowest BCUT2D eigenvalue weighted by atomic mass is 9.72. The highest BCUT2D eigenvalue weighted by atomic mass is 31.2. The van der Waals surface area contributed by atoms with Gasteiger partial charge in [0.25, 0.3) is 14.1 Å². The molecule has 2 saturated heterocycles. The number of nitrogens with one attached hydrogen (secondary N) is 3. The van der Waals surface area contributed by atoms with E-state index in [2.05, 4.69) is 49.3 Å². The fraction of sp³-hybridized carbons (Fsp3) is 0.439. The standard InChI is InChI=1S/C41H51N6O6P/c1-29-27-46(37(49)43-36(29)48)35-26-40(50,34(53-35)28-52-54(51)45-47-38(2,3)24-23-30(22-15-25-42)39(47,4)5)44-41(31-16-9-6-10-17-31,32-18-11-7-12-19-32)33-20-13-8-14-21-33/h6-14,16-21,27,30,34-35,44-45,50-51H,15,22-24,26,28H2,1-5H3,(H,43,48,49)/t30?,34-,35-,40+,54?/m1/s1. The lowest BCUT2D eigenvalue weighted by Crippen LogP contribution is -2.66. The number of aliphatic hydroxyl groups is 1. The maximum atomic E-state index is 13.2. The van der Waals surface area contributed by atoms with E-state index in [4.69, 9.17) is 9.26 Å². The van der Waals surface area contributed by atoms with Crippen molar-refractivity contribution in [3.63, 3.8) is 0 Å². The van der Waals surface area contributed by atoms with Gasteiger partial charge in [0.15, 0.2) is 0 Å². The average molecular weight is 755 g/mol. The molecular formula is C41H51N6O6P. The van der Waals surface area contributed by atoms with Gasteiger partial charge in [0.1, 0.15) is 18.1 Å². The van der Waals surface area contributed by atoms with Gasteiger partial charge >= 0.3 is 5.69 Å². The molecule has 0 aliphatic carbocycles. The maximum absolute atomic E-state index is 13.2. The maximum Gasteiger partial charge on any atom is 0.330 e. The van der Waals surface area contributed by atoms with Crippen LogP contribution in [0.1, 0.15) is 88.3 Å². The van der Waals surface area contributed by atoms with Crippen molar-refractivity contribution in [2.24, 2.45) is 5.92 Å². The number of piperidine rings is 1. The number of hydrazine groups is 1. The van der Waals surface area contributed by atoms with E-state index >= 15 is 0 Å². The first-order valence-corrected chi connectivity index (χ1v) is 19.6. The van der Waals surface area contributed by atoms with Crippen molar-refractivity contribution in [2.45, 2.75) is 101 Å². The molecule has 0 bridgehead atoms. The highest BCUT2D eigenvalue weighted by molar-refractivity contribution is 7.43. The molecule has 13 heteroatoms. The average Bonchev–Trinajstić information content (AvgIpc) is 3.48. The van der Waals surface area contributed by atoms with Gasteiger partial charge in [-0.25, -0.2) is 9.80 Å². The van der Waals surface area contributed by atoms with Crippen molar-refractivity contribution in [1.29, 1.82) is 5.26 Å². The van der Waals surface area contributed by atoms with Crippen LogP contribution in [-0.2, 0) is 14.8 Å². The number of benzene rings is 3. The second kappa shape index (κ2) is 16.0. The Morgan fingerprint density at radius 3 is 2.07 bits per heavy atom. The van der Waals surface area contributed by atoms with Crippen LogP contribution in [0.15, 0.2) is 107 Å². The molecule has 2 unspecified atom stereocenters. The monoisotopic (exact) mass is 754 g/mol. The van der Waals surface area contributed by atoms with Crippen molar-refractivity contribution < 1.29 is 19.3 Å². The van der Waals surface area contributed by atoms with Crippen molar-refractivity contribution in [3.8, 4) is 6.07 Å². The minimum atomic E-state index is -2.28. The third kappa shape index (κ3) is 7.87. The van der Waals surface area contributed by atoms with E-state index in [-0.39, 0.29) is 24.5 Å². The number of aromatic nitrogens is 2. The molecule has 2 fully saturated rings. The van der Waals surface area contributed by atoms with Crippen LogP contribution in [-0.4, -0.2) is 54.1 Å². The summed E-state index contributed by atoms with van der Waals surface area (Å²) in [5.41, 5.74) is -2.05. The van der Waals surface area contributed by atoms with E-state index in [1.165, 1.54) is 10.8 Å². The van der Waals surface area contributed by atoms with E-state index in [9.17, 15) is 24.9 Å². The van der Waals surface area contributed by atoms with Gasteiger partial charge in [0, 0.05) is 35.7 Å². The second-order valence-electron chi connectivity index (χ2n) is 15.6. The Hall–Kier alpha value is -4.02. The Bertz CT molecular complexity index is 1940. The molecule has 1 aromatic heterocycles. The summed E-state index contributed by atoms with van der Waals surface area (Å²) in [5.74, 6) is 0.218. The fourth-order valence-electron chi connectivity index (χ4n) is 8.33. The predicted molar refractivity (Wildman–Crippen MR) is 208 cm³/mol. The molecule has 5 N–H and O–H groups in total. The van der Waals surface area contributed by atoms with Crippen LogP contribution in [0, 0.1) is 24.2 Å². The number of nitrogens with zero attached hydrogens (tertiary/aromatic N) is 3. The SMILES string of the molecule is Cc1cn([C@H]2C[C@@](O)(NC(c3ccccc3)(c3ccccc3)c3ccccc3)[C@@H](COP(O)NN3C(C)(C)CCC(CCC#N)C3(C)C)O2)c(=O)[nH]c1=O. The van der Waals surface area contributed by atoms with Gasteiger partial charge < -0.3 is 19.3 Å². The largest absolute Gasteiger partial charge is 0.373 e. The van der Waals surface area contributed by atoms with Crippen molar-refractivity contribution in [3.05, 3.63) is 140 Å². The third-order valence-corrected chi connectivity index (χ3v) is 12.0. The molecule has 0 amide bonds. The molecular weight excluding hydrogens is 703 g/mol. The van der Waals surface area contributed by atoms with Gasteiger partial charge in [0.05, 0.1) is 18.2 Å². The molecule has 286 valence electrons. The summed E-state index contributed by atoms with van der Waals surface area (Å²) in [5, 5.41) is 31.2. The smallest absolute Gasteiger partial charge is 0.330 e.